The third-order valence-corrected chi connectivity index (χ3v) is 4.47. The standard InChI is InChI=1S/C12H18O8S2.2Na.2H/c13-11-3-5-12(6-4-11)20-22(17,18)10-2-8-19-7-1-9-21(14,15)16;;;;/h3-6,13H,1-2,7-10H2,(H,14,15,16);;;;/q;2*+1;2*-1. The van der Waals surface area contributed by atoms with Crippen molar-refractivity contribution in [3.05, 3.63) is 24.3 Å². The third-order valence-electron chi connectivity index (χ3n) is 2.43. The number of phenols is 1. The maximum atomic E-state index is 11.7. The van der Waals surface area contributed by atoms with Gasteiger partial charge in [-0.15, -0.1) is 0 Å². The Labute approximate surface area is 189 Å². The van der Waals surface area contributed by atoms with E-state index in [9.17, 15) is 16.8 Å². The summed E-state index contributed by atoms with van der Waals surface area (Å²) < 4.78 is 62.5. The molecular formula is C12H20Na2O8S2. The summed E-state index contributed by atoms with van der Waals surface area (Å²) in [4.78, 5) is 0. The molecule has 0 saturated carbocycles. The smallest absolute Gasteiger partial charge is 1.00 e. The minimum Gasteiger partial charge on any atom is -1.00 e. The fraction of sp³-hybridized carbons (Fsp3) is 0.500. The van der Waals surface area contributed by atoms with E-state index in [0.717, 1.165) is 0 Å². The molecule has 24 heavy (non-hydrogen) atoms. The first-order valence-electron chi connectivity index (χ1n) is 6.42. The average molecular weight is 402 g/mol. The van der Waals surface area contributed by atoms with Gasteiger partial charge in [-0.25, -0.2) is 0 Å². The van der Waals surface area contributed by atoms with Crippen LogP contribution >= 0.6 is 0 Å². The maximum Gasteiger partial charge on any atom is 1.00 e. The fourth-order valence-electron chi connectivity index (χ4n) is 1.47. The number of hydrogen-bond acceptors (Lipinski definition) is 7. The predicted molar refractivity (Wildman–Crippen MR) is 81.2 cm³/mol. The number of ether oxygens (including phenoxy) is 1. The summed E-state index contributed by atoms with van der Waals surface area (Å²) in [6, 6.07) is 5.28. The molecule has 0 heterocycles. The van der Waals surface area contributed by atoms with Gasteiger partial charge in [-0.2, -0.15) is 16.8 Å². The van der Waals surface area contributed by atoms with Crippen LogP contribution < -0.4 is 63.3 Å². The van der Waals surface area contributed by atoms with Gasteiger partial charge in [-0.05, 0) is 37.1 Å². The SMILES string of the molecule is O=S(=O)(O)CCCOCCCS(=O)(=O)Oc1ccc(O)cc1.[H-].[H-].[Na+].[Na+]. The van der Waals surface area contributed by atoms with Crippen LogP contribution in [-0.2, 0) is 25.0 Å². The topological polar surface area (TPSA) is 127 Å². The molecule has 12 heteroatoms. The Hall–Kier alpha value is 0.640. The number of rotatable bonds is 10. The van der Waals surface area contributed by atoms with Gasteiger partial charge >= 0.3 is 69.2 Å². The number of aromatic hydroxyl groups is 1. The van der Waals surface area contributed by atoms with Gasteiger partial charge in [0.05, 0.1) is 11.5 Å². The molecule has 0 aliphatic rings. The Balaban J connectivity index is -0.000000605. The molecule has 0 amide bonds. The van der Waals surface area contributed by atoms with E-state index in [0.29, 0.717) is 0 Å². The Bertz CT molecular complexity index is 669. The van der Waals surface area contributed by atoms with Gasteiger partial charge in [0.1, 0.15) is 11.5 Å². The first-order chi connectivity index (χ1) is 10.2. The molecule has 0 aromatic heterocycles. The second kappa shape index (κ2) is 12.9. The summed E-state index contributed by atoms with van der Waals surface area (Å²) in [5, 5.41) is 9.07. The zero-order chi connectivity index (χ0) is 16.6. The normalized spacial score (nSPS) is 11.2. The molecule has 0 spiro atoms. The number of hydrogen-bond donors (Lipinski definition) is 2. The largest absolute Gasteiger partial charge is 1.00 e. The van der Waals surface area contributed by atoms with Gasteiger partial charge < -0.3 is 16.9 Å². The van der Waals surface area contributed by atoms with E-state index in [-0.39, 0.29) is 105 Å². The maximum absolute atomic E-state index is 11.7. The minimum absolute atomic E-state index is 0. The molecule has 0 radical (unpaired) electrons. The van der Waals surface area contributed by atoms with Crippen molar-refractivity contribution in [3.8, 4) is 11.5 Å². The quantitative estimate of drug-likeness (QED) is 0.172. The van der Waals surface area contributed by atoms with Crippen molar-refractivity contribution >= 4 is 20.2 Å². The van der Waals surface area contributed by atoms with Crippen LogP contribution in [-0.4, -0.2) is 51.2 Å². The second-order valence-electron chi connectivity index (χ2n) is 4.44. The third kappa shape index (κ3) is 13.9. The van der Waals surface area contributed by atoms with Crippen LogP contribution in [0.25, 0.3) is 0 Å². The van der Waals surface area contributed by atoms with Crippen LogP contribution in [0.4, 0.5) is 0 Å². The first kappa shape index (κ1) is 26.9. The average Bonchev–Trinajstić information content (AvgIpc) is 2.39. The summed E-state index contributed by atoms with van der Waals surface area (Å²) in [7, 11) is -7.75. The molecule has 0 saturated heterocycles. The van der Waals surface area contributed by atoms with E-state index in [1.807, 2.05) is 0 Å². The molecule has 0 aliphatic heterocycles. The second-order valence-corrected chi connectivity index (χ2v) is 7.71. The molecule has 1 aromatic rings. The molecule has 0 atom stereocenters. The molecule has 1 aromatic carbocycles. The van der Waals surface area contributed by atoms with Crippen molar-refractivity contribution in [2.45, 2.75) is 12.8 Å². The fourth-order valence-corrected chi connectivity index (χ4v) is 2.91. The molecule has 1 rings (SSSR count). The van der Waals surface area contributed by atoms with E-state index in [1.54, 1.807) is 0 Å². The predicted octanol–water partition coefficient (Wildman–Crippen LogP) is -4.98. The molecule has 0 fully saturated rings. The van der Waals surface area contributed by atoms with E-state index < -0.39 is 26.0 Å². The van der Waals surface area contributed by atoms with Crippen LogP contribution in [0, 0.1) is 0 Å². The van der Waals surface area contributed by atoms with Gasteiger partial charge in [0.15, 0.2) is 0 Å². The van der Waals surface area contributed by atoms with Gasteiger partial charge in [0.2, 0.25) is 0 Å². The van der Waals surface area contributed by atoms with Crippen molar-refractivity contribution in [2.75, 3.05) is 24.7 Å². The Morgan fingerprint density at radius 1 is 0.917 bits per heavy atom. The zero-order valence-electron chi connectivity index (χ0n) is 15.7. The van der Waals surface area contributed by atoms with Gasteiger partial charge in [0, 0.05) is 13.2 Å². The van der Waals surface area contributed by atoms with Crippen LogP contribution in [0.1, 0.15) is 15.7 Å². The monoisotopic (exact) mass is 402 g/mol. The molecule has 0 aliphatic carbocycles. The van der Waals surface area contributed by atoms with E-state index in [1.165, 1.54) is 24.3 Å². The summed E-state index contributed by atoms with van der Waals surface area (Å²) in [6.07, 6.45) is 0.321. The molecule has 2 N–H and O–H groups in total. The van der Waals surface area contributed by atoms with Crippen molar-refractivity contribution < 1.29 is 97.4 Å². The summed E-state index contributed by atoms with van der Waals surface area (Å²) in [5.74, 6) is -0.545. The van der Waals surface area contributed by atoms with Crippen molar-refractivity contribution in [3.63, 3.8) is 0 Å². The van der Waals surface area contributed by atoms with Gasteiger partial charge in [0.25, 0.3) is 10.1 Å². The van der Waals surface area contributed by atoms with Crippen LogP contribution in [0.2, 0.25) is 0 Å². The summed E-state index contributed by atoms with van der Waals surface area (Å²) in [5.41, 5.74) is 0. The summed E-state index contributed by atoms with van der Waals surface area (Å²) in [6.45, 7) is 0.238. The van der Waals surface area contributed by atoms with E-state index in [2.05, 4.69) is 0 Å². The van der Waals surface area contributed by atoms with Gasteiger partial charge in [-0.3, -0.25) is 4.55 Å². The number of phenolic OH excluding ortho intramolecular Hbond substituents is 1. The molecular weight excluding hydrogens is 382 g/mol. The van der Waals surface area contributed by atoms with Gasteiger partial charge in [-0.1, -0.05) is 0 Å². The van der Waals surface area contributed by atoms with Crippen molar-refractivity contribution in [2.24, 2.45) is 0 Å². The van der Waals surface area contributed by atoms with Crippen LogP contribution in [0.15, 0.2) is 24.3 Å². The Kier molecular flexibility index (Phi) is 14.4. The minimum atomic E-state index is -3.99. The van der Waals surface area contributed by atoms with E-state index >= 15 is 0 Å². The molecule has 0 unspecified atom stereocenters. The molecule has 8 nitrogen and oxygen atoms in total. The molecule has 130 valence electrons. The van der Waals surface area contributed by atoms with E-state index in [4.69, 9.17) is 18.6 Å². The Morgan fingerprint density at radius 3 is 1.92 bits per heavy atom. The Morgan fingerprint density at radius 2 is 1.42 bits per heavy atom. The van der Waals surface area contributed by atoms with Crippen molar-refractivity contribution in [1.82, 2.24) is 0 Å². The summed E-state index contributed by atoms with van der Waals surface area (Å²) >= 11 is 0. The van der Waals surface area contributed by atoms with Crippen LogP contribution in [0.3, 0.4) is 0 Å². The molecule has 0 bridgehead atoms. The van der Waals surface area contributed by atoms with Crippen molar-refractivity contribution in [1.29, 1.82) is 0 Å². The van der Waals surface area contributed by atoms with Crippen LogP contribution in [0.5, 0.6) is 11.5 Å². The first-order valence-corrected chi connectivity index (χ1v) is 9.61. The number of benzene rings is 1. The zero-order valence-corrected chi connectivity index (χ0v) is 19.3.